The van der Waals surface area contributed by atoms with Gasteiger partial charge in [-0.25, -0.2) is 9.18 Å². The molecule has 0 saturated carbocycles. The van der Waals surface area contributed by atoms with Crippen LogP contribution in [0, 0.1) is 5.82 Å². The number of carbonyl (C=O) groups is 1. The summed E-state index contributed by atoms with van der Waals surface area (Å²) < 4.78 is 42.4. The molecule has 0 atom stereocenters. The lowest BCUT2D eigenvalue weighted by atomic mass is 10.2. The fraction of sp³-hybridized carbons (Fsp3) is 0. The molecule has 0 aromatic heterocycles. The van der Waals surface area contributed by atoms with Crippen molar-refractivity contribution in [3.05, 3.63) is 29.6 Å². The number of hydrogen-bond acceptors (Lipinski definition) is 3. The Balaban J connectivity index is 3.54. The van der Waals surface area contributed by atoms with Gasteiger partial charge in [0.25, 0.3) is 10.1 Å². The molecule has 1 aromatic carbocycles. The van der Waals surface area contributed by atoms with Crippen LogP contribution >= 0.6 is 0 Å². The van der Waals surface area contributed by atoms with Crippen molar-refractivity contribution < 1.29 is 27.3 Å². The molecule has 1 rings (SSSR count). The van der Waals surface area contributed by atoms with Crippen LogP contribution in [-0.4, -0.2) is 24.0 Å². The number of hydrogen-bond donors (Lipinski definition) is 2. The first-order valence-corrected chi connectivity index (χ1v) is 4.76. The van der Waals surface area contributed by atoms with E-state index in [4.69, 9.17) is 9.66 Å². The summed E-state index contributed by atoms with van der Waals surface area (Å²) in [5.74, 6) is -2.50. The Morgan fingerprint density at radius 3 is 2.36 bits per heavy atom. The summed E-state index contributed by atoms with van der Waals surface area (Å²) in [6.07, 6.45) is 0. The van der Waals surface area contributed by atoms with Crippen LogP contribution in [0.2, 0.25) is 0 Å². The van der Waals surface area contributed by atoms with E-state index >= 15 is 0 Å². The maximum Gasteiger partial charge on any atom is 0.337 e. The predicted molar refractivity (Wildman–Crippen MR) is 43.2 cm³/mol. The van der Waals surface area contributed by atoms with Crippen LogP contribution in [0.5, 0.6) is 0 Å². The minimum Gasteiger partial charge on any atom is -0.478 e. The molecular weight excluding hydrogens is 215 g/mol. The number of carboxylic acid groups (broad SMARTS) is 1. The minimum absolute atomic E-state index is 0.443. The number of aromatic carboxylic acids is 1. The van der Waals surface area contributed by atoms with Crippen LogP contribution in [0.1, 0.15) is 10.4 Å². The van der Waals surface area contributed by atoms with E-state index in [2.05, 4.69) is 0 Å². The van der Waals surface area contributed by atoms with Crippen molar-refractivity contribution in [3.8, 4) is 0 Å². The zero-order valence-electron chi connectivity index (χ0n) is 6.64. The molecule has 0 amide bonds. The maximum absolute atomic E-state index is 12.6. The van der Waals surface area contributed by atoms with E-state index in [1.807, 2.05) is 0 Å². The first kappa shape index (κ1) is 10.6. The molecule has 0 aliphatic heterocycles. The Bertz CT molecular complexity index is 479. The Kier molecular flexibility index (Phi) is 2.54. The highest BCUT2D eigenvalue weighted by Gasteiger charge is 2.20. The van der Waals surface area contributed by atoms with Gasteiger partial charge in [-0.3, -0.25) is 4.55 Å². The van der Waals surface area contributed by atoms with E-state index < -0.39 is 32.4 Å². The van der Waals surface area contributed by atoms with E-state index in [-0.39, 0.29) is 0 Å². The molecule has 76 valence electrons. The average Bonchev–Trinajstić information content (AvgIpc) is 2.01. The van der Waals surface area contributed by atoms with E-state index in [9.17, 15) is 17.6 Å². The number of rotatable bonds is 2. The second-order valence-corrected chi connectivity index (χ2v) is 3.81. The topological polar surface area (TPSA) is 91.7 Å². The zero-order chi connectivity index (χ0) is 10.9. The maximum atomic E-state index is 12.6. The Labute approximate surface area is 78.5 Å². The second kappa shape index (κ2) is 3.35. The van der Waals surface area contributed by atoms with Crippen molar-refractivity contribution in [3.63, 3.8) is 0 Å². The molecule has 0 bridgehead atoms. The van der Waals surface area contributed by atoms with E-state index in [0.29, 0.717) is 6.07 Å². The summed E-state index contributed by atoms with van der Waals surface area (Å²) in [4.78, 5) is 9.53. The van der Waals surface area contributed by atoms with Gasteiger partial charge in [0.2, 0.25) is 0 Å². The molecule has 2 N–H and O–H groups in total. The molecule has 7 heteroatoms. The van der Waals surface area contributed by atoms with Gasteiger partial charge in [-0.1, -0.05) is 0 Å². The van der Waals surface area contributed by atoms with Crippen molar-refractivity contribution in [2.75, 3.05) is 0 Å². The van der Waals surface area contributed by atoms with Gasteiger partial charge < -0.3 is 5.11 Å². The van der Waals surface area contributed by atoms with Gasteiger partial charge in [0.05, 0.1) is 5.56 Å². The van der Waals surface area contributed by atoms with Gasteiger partial charge in [-0.2, -0.15) is 8.42 Å². The Morgan fingerprint density at radius 2 is 1.93 bits per heavy atom. The Hall–Kier alpha value is -1.47. The molecule has 14 heavy (non-hydrogen) atoms. The molecule has 1 aromatic rings. The van der Waals surface area contributed by atoms with Gasteiger partial charge >= 0.3 is 5.97 Å². The summed E-state index contributed by atoms with van der Waals surface area (Å²) >= 11 is 0. The minimum atomic E-state index is -4.72. The van der Waals surface area contributed by atoms with Crippen LogP contribution in [-0.2, 0) is 10.1 Å². The highest BCUT2D eigenvalue weighted by Crippen LogP contribution is 2.16. The van der Waals surface area contributed by atoms with E-state index in [0.717, 1.165) is 12.1 Å². The van der Waals surface area contributed by atoms with Gasteiger partial charge in [-0.15, -0.1) is 0 Å². The van der Waals surface area contributed by atoms with Crippen LogP contribution in [0.3, 0.4) is 0 Å². The quantitative estimate of drug-likeness (QED) is 0.718. The molecule has 0 spiro atoms. The Morgan fingerprint density at radius 1 is 1.36 bits per heavy atom. The smallest absolute Gasteiger partial charge is 0.337 e. The standard InChI is InChI=1S/C7H5FO5S/c8-4-1-2-5(7(9)10)6(3-4)14(11,12)13/h1-3H,(H,9,10)(H,11,12,13). The van der Waals surface area contributed by atoms with E-state index in [1.165, 1.54) is 0 Å². The van der Waals surface area contributed by atoms with Crippen LogP contribution in [0.4, 0.5) is 4.39 Å². The van der Waals surface area contributed by atoms with Gasteiger partial charge in [0.15, 0.2) is 0 Å². The molecule has 0 aliphatic rings. The van der Waals surface area contributed by atoms with Crippen molar-refractivity contribution in [2.24, 2.45) is 0 Å². The van der Waals surface area contributed by atoms with Gasteiger partial charge in [0.1, 0.15) is 10.7 Å². The number of benzene rings is 1. The second-order valence-electron chi connectivity index (χ2n) is 2.42. The molecule has 0 radical (unpaired) electrons. The predicted octanol–water partition coefficient (Wildman–Crippen LogP) is 0.771. The average molecular weight is 220 g/mol. The lowest BCUT2D eigenvalue weighted by Gasteiger charge is -2.01. The summed E-state index contributed by atoms with van der Waals surface area (Å²) in [6, 6.07) is 2.00. The summed E-state index contributed by atoms with van der Waals surface area (Å²) in [6.45, 7) is 0. The molecule has 0 saturated heterocycles. The summed E-state index contributed by atoms with van der Waals surface area (Å²) in [7, 11) is -4.72. The van der Waals surface area contributed by atoms with Gasteiger partial charge in [-0.05, 0) is 18.2 Å². The lowest BCUT2D eigenvalue weighted by molar-refractivity contribution is 0.0692. The molecule has 0 unspecified atom stereocenters. The third-order valence-corrected chi connectivity index (χ3v) is 2.35. The van der Waals surface area contributed by atoms with Crippen LogP contribution in [0.25, 0.3) is 0 Å². The third kappa shape index (κ3) is 2.06. The number of halogens is 1. The third-order valence-electron chi connectivity index (χ3n) is 1.45. The normalized spacial score (nSPS) is 11.3. The van der Waals surface area contributed by atoms with Crippen LogP contribution in [0.15, 0.2) is 23.1 Å². The largest absolute Gasteiger partial charge is 0.478 e. The molecule has 5 nitrogen and oxygen atoms in total. The molecular formula is C7H5FO5S. The SMILES string of the molecule is O=C(O)c1ccc(F)cc1S(=O)(=O)O. The summed E-state index contributed by atoms with van der Waals surface area (Å²) in [5.41, 5.74) is -0.672. The summed E-state index contributed by atoms with van der Waals surface area (Å²) in [5, 5.41) is 8.52. The first-order chi connectivity index (χ1) is 6.32. The fourth-order valence-electron chi connectivity index (χ4n) is 0.886. The first-order valence-electron chi connectivity index (χ1n) is 3.32. The van der Waals surface area contributed by atoms with Crippen molar-refractivity contribution in [1.82, 2.24) is 0 Å². The molecule has 0 fully saturated rings. The molecule has 0 heterocycles. The highest BCUT2D eigenvalue weighted by atomic mass is 32.2. The van der Waals surface area contributed by atoms with Crippen LogP contribution < -0.4 is 0 Å². The lowest BCUT2D eigenvalue weighted by Crippen LogP contribution is -2.08. The monoisotopic (exact) mass is 220 g/mol. The zero-order valence-corrected chi connectivity index (χ0v) is 7.45. The van der Waals surface area contributed by atoms with Crippen molar-refractivity contribution in [1.29, 1.82) is 0 Å². The fourth-order valence-corrected chi connectivity index (χ4v) is 1.58. The van der Waals surface area contributed by atoms with Crippen molar-refractivity contribution >= 4 is 16.1 Å². The molecule has 0 aliphatic carbocycles. The van der Waals surface area contributed by atoms with Crippen molar-refractivity contribution in [2.45, 2.75) is 4.90 Å². The van der Waals surface area contributed by atoms with Gasteiger partial charge in [0, 0.05) is 0 Å². The number of carboxylic acids is 1. The van der Waals surface area contributed by atoms with E-state index in [1.54, 1.807) is 0 Å². The highest BCUT2D eigenvalue weighted by molar-refractivity contribution is 7.86.